The summed E-state index contributed by atoms with van der Waals surface area (Å²) in [6.45, 7) is 4.59. The van der Waals surface area contributed by atoms with Crippen molar-refractivity contribution in [2.24, 2.45) is 5.92 Å². The molecular formula is C24H24FN3. The van der Waals surface area contributed by atoms with E-state index in [1.54, 1.807) is 0 Å². The number of aromatic amines is 1. The summed E-state index contributed by atoms with van der Waals surface area (Å²) in [5, 5.41) is 0. The summed E-state index contributed by atoms with van der Waals surface area (Å²) >= 11 is 0. The van der Waals surface area contributed by atoms with E-state index < -0.39 is 0 Å². The average Bonchev–Trinajstić information content (AvgIpc) is 3.37. The number of hydrogen-bond donors (Lipinski definition) is 1. The number of nitrogens with one attached hydrogen (secondary N) is 1. The Balaban J connectivity index is 1.66. The van der Waals surface area contributed by atoms with Crippen LogP contribution in [-0.2, 0) is 0 Å². The van der Waals surface area contributed by atoms with E-state index in [0.717, 1.165) is 23.4 Å². The Bertz CT molecular complexity index is 1000. The van der Waals surface area contributed by atoms with Gasteiger partial charge in [0.05, 0.1) is 5.69 Å². The number of rotatable bonds is 3. The lowest BCUT2D eigenvalue weighted by Gasteiger charge is -2.35. The summed E-state index contributed by atoms with van der Waals surface area (Å²) in [6.07, 6.45) is 10.8. The Morgan fingerprint density at radius 2 is 1.86 bits per heavy atom. The first kappa shape index (κ1) is 17.4. The van der Waals surface area contributed by atoms with Crippen molar-refractivity contribution in [3.63, 3.8) is 0 Å². The van der Waals surface area contributed by atoms with E-state index in [0.29, 0.717) is 12.0 Å². The molecule has 1 fully saturated rings. The smallest absolute Gasteiger partial charge is 0.123 e. The highest BCUT2D eigenvalue weighted by Gasteiger charge is 2.35. The summed E-state index contributed by atoms with van der Waals surface area (Å²) in [5.74, 6) is 0.277. The molecule has 2 unspecified atom stereocenters. The zero-order valence-corrected chi connectivity index (χ0v) is 16.0. The van der Waals surface area contributed by atoms with Gasteiger partial charge in [-0.05, 0) is 78.4 Å². The fourth-order valence-corrected chi connectivity index (χ4v) is 4.92. The molecule has 3 aromatic rings. The van der Waals surface area contributed by atoms with Crippen molar-refractivity contribution in [1.82, 2.24) is 14.9 Å². The lowest BCUT2D eigenvalue weighted by atomic mass is 9.82. The third kappa shape index (κ3) is 2.89. The molecule has 0 spiro atoms. The second-order valence-corrected chi connectivity index (χ2v) is 7.85. The van der Waals surface area contributed by atoms with Crippen LogP contribution < -0.4 is 0 Å². The first-order valence-electron chi connectivity index (χ1n) is 10.0. The summed E-state index contributed by atoms with van der Waals surface area (Å²) < 4.78 is 13.5. The van der Waals surface area contributed by atoms with Gasteiger partial charge in [0.2, 0.25) is 0 Å². The van der Waals surface area contributed by atoms with Crippen LogP contribution in [0.3, 0.4) is 0 Å². The normalized spacial score (nSPS) is 22.1. The van der Waals surface area contributed by atoms with E-state index in [1.807, 2.05) is 24.5 Å². The minimum absolute atomic E-state index is 0.217. The summed E-state index contributed by atoms with van der Waals surface area (Å²) in [7, 11) is 0. The highest BCUT2D eigenvalue weighted by atomic mass is 19.1. The molecule has 5 rings (SSSR count). The number of pyridine rings is 1. The fourth-order valence-electron chi connectivity index (χ4n) is 4.92. The van der Waals surface area contributed by atoms with Gasteiger partial charge in [0, 0.05) is 42.3 Å². The lowest BCUT2D eigenvalue weighted by molar-refractivity contribution is 0.234. The van der Waals surface area contributed by atoms with Crippen LogP contribution in [0.4, 0.5) is 4.39 Å². The number of halogens is 1. The van der Waals surface area contributed by atoms with Gasteiger partial charge >= 0.3 is 0 Å². The van der Waals surface area contributed by atoms with Crippen molar-refractivity contribution >= 4 is 5.57 Å². The molecule has 1 N–H and O–H groups in total. The van der Waals surface area contributed by atoms with Crippen LogP contribution in [0.15, 0.2) is 61.1 Å². The Kier molecular flexibility index (Phi) is 4.36. The zero-order valence-electron chi connectivity index (χ0n) is 16.0. The fraction of sp³-hybridized carbons (Fsp3) is 0.292. The standard InChI is InChI=1S/C24H24FN3/c1-16-20(10-14-28-13-2-3-22(16)28)21-15-27-24(18-4-6-19(25)7-5-18)23(21)17-8-11-26-12-9-17/h4-12,15-16,22,27H,2-3,13-14H2,1H3. The highest BCUT2D eigenvalue weighted by Crippen LogP contribution is 2.43. The molecule has 28 heavy (non-hydrogen) atoms. The number of hydrogen-bond acceptors (Lipinski definition) is 2. The second-order valence-electron chi connectivity index (χ2n) is 7.85. The molecule has 1 saturated heterocycles. The molecule has 0 amide bonds. The largest absolute Gasteiger partial charge is 0.360 e. The monoisotopic (exact) mass is 373 g/mol. The molecule has 2 aliphatic rings. The molecule has 4 heterocycles. The van der Waals surface area contributed by atoms with Gasteiger partial charge in [-0.3, -0.25) is 9.88 Å². The molecule has 3 nitrogen and oxygen atoms in total. The SMILES string of the molecule is CC1C(c2c[nH]c(-c3ccc(F)cc3)c2-c2ccncc2)=CCN2CCCC12. The lowest BCUT2D eigenvalue weighted by Crippen LogP contribution is -2.38. The van der Waals surface area contributed by atoms with Crippen molar-refractivity contribution < 1.29 is 4.39 Å². The number of fused-ring (bicyclic) bond motifs is 1. The zero-order chi connectivity index (χ0) is 19.1. The van der Waals surface area contributed by atoms with Gasteiger partial charge in [-0.2, -0.15) is 0 Å². The van der Waals surface area contributed by atoms with Gasteiger partial charge in [-0.1, -0.05) is 13.0 Å². The van der Waals surface area contributed by atoms with Gasteiger partial charge in [0.1, 0.15) is 5.82 Å². The van der Waals surface area contributed by atoms with Crippen molar-refractivity contribution in [2.75, 3.05) is 13.1 Å². The van der Waals surface area contributed by atoms with E-state index >= 15 is 0 Å². The average molecular weight is 373 g/mol. The van der Waals surface area contributed by atoms with Crippen LogP contribution in [0.2, 0.25) is 0 Å². The minimum atomic E-state index is -0.217. The first-order chi connectivity index (χ1) is 13.7. The van der Waals surface area contributed by atoms with E-state index in [2.05, 4.69) is 46.2 Å². The predicted molar refractivity (Wildman–Crippen MR) is 111 cm³/mol. The van der Waals surface area contributed by atoms with E-state index in [1.165, 1.54) is 48.2 Å². The topological polar surface area (TPSA) is 31.9 Å². The van der Waals surface area contributed by atoms with Crippen LogP contribution in [0.1, 0.15) is 25.3 Å². The Morgan fingerprint density at radius 3 is 2.64 bits per heavy atom. The van der Waals surface area contributed by atoms with Crippen molar-refractivity contribution in [1.29, 1.82) is 0 Å². The van der Waals surface area contributed by atoms with Crippen LogP contribution in [-0.4, -0.2) is 34.0 Å². The molecule has 2 aromatic heterocycles. The Morgan fingerprint density at radius 1 is 1.07 bits per heavy atom. The van der Waals surface area contributed by atoms with Gasteiger partial charge < -0.3 is 4.98 Å². The third-order valence-corrected chi connectivity index (χ3v) is 6.32. The van der Waals surface area contributed by atoms with Gasteiger partial charge in [-0.25, -0.2) is 4.39 Å². The van der Waals surface area contributed by atoms with Crippen LogP contribution in [0.25, 0.3) is 28.0 Å². The summed E-state index contributed by atoms with van der Waals surface area (Å²) in [6, 6.07) is 11.5. The molecule has 0 aliphatic carbocycles. The van der Waals surface area contributed by atoms with Gasteiger partial charge in [-0.15, -0.1) is 0 Å². The maximum Gasteiger partial charge on any atom is 0.123 e. The van der Waals surface area contributed by atoms with Gasteiger partial charge in [0.25, 0.3) is 0 Å². The number of H-pyrrole nitrogens is 1. The molecule has 142 valence electrons. The highest BCUT2D eigenvalue weighted by molar-refractivity contribution is 5.91. The molecule has 4 heteroatoms. The predicted octanol–water partition coefficient (Wildman–Crippen LogP) is 5.38. The quantitative estimate of drug-likeness (QED) is 0.668. The maximum atomic E-state index is 13.5. The Hall–Kier alpha value is -2.72. The number of benzene rings is 1. The van der Waals surface area contributed by atoms with E-state index in [4.69, 9.17) is 0 Å². The van der Waals surface area contributed by atoms with Crippen LogP contribution >= 0.6 is 0 Å². The molecule has 1 aromatic carbocycles. The van der Waals surface area contributed by atoms with Gasteiger partial charge in [0.15, 0.2) is 0 Å². The molecular weight excluding hydrogens is 349 g/mol. The number of aromatic nitrogens is 2. The van der Waals surface area contributed by atoms with Crippen molar-refractivity contribution in [3.8, 4) is 22.4 Å². The molecule has 2 aliphatic heterocycles. The van der Waals surface area contributed by atoms with Crippen LogP contribution in [0.5, 0.6) is 0 Å². The summed E-state index contributed by atoms with van der Waals surface area (Å²) in [5.41, 5.74) is 7.00. The van der Waals surface area contributed by atoms with Crippen molar-refractivity contribution in [2.45, 2.75) is 25.8 Å². The molecule has 0 radical (unpaired) electrons. The maximum absolute atomic E-state index is 13.5. The van der Waals surface area contributed by atoms with E-state index in [-0.39, 0.29) is 5.82 Å². The Labute approximate surface area is 164 Å². The summed E-state index contributed by atoms with van der Waals surface area (Å²) in [4.78, 5) is 10.3. The van der Waals surface area contributed by atoms with Crippen molar-refractivity contribution in [3.05, 3.63) is 72.4 Å². The molecule has 2 atom stereocenters. The third-order valence-electron chi connectivity index (χ3n) is 6.32. The second kappa shape index (κ2) is 7.02. The first-order valence-corrected chi connectivity index (χ1v) is 10.0. The molecule has 0 bridgehead atoms. The number of nitrogens with zero attached hydrogens (tertiary/aromatic N) is 2. The van der Waals surface area contributed by atoms with E-state index in [9.17, 15) is 4.39 Å². The minimum Gasteiger partial charge on any atom is -0.360 e. The van der Waals surface area contributed by atoms with Crippen LogP contribution in [0, 0.1) is 11.7 Å². The molecule has 0 saturated carbocycles.